The number of nitrogens with zero attached hydrogens (tertiary/aromatic N) is 2. The maximum Gasteiger partial charge on any atom is 0.310 e. The fraction of sp³-hybridized carbons (Fsp3) is 0.200. The van der Waals surface area contributed by atoms with Crippen LogP contribution in [0.3, 0.4) is 0 Å². The zero-order valence-corrected chi connectivity index (χ0v) is 12.0. The molecule has 1 atom stereocenters. The highest BCUT2D eigenvalue weighted by molar-refractivity contribution is 7.13. The van der Waals surface area contributed by atoms with Crippen LogP contribution in [0.1, 0.15) is 18.4 Å². The van der Waals surface area contributed by atoms with Crippen molar-refractivity contribution < 1.29 is 9.90 Å². The summed E-state index contributed by atoms with van der Waals surface area (Å²) in [4.78, 5) is 17.3. The fourth-order valence-corrected chi connectivity index (χ4v) is 2.53. The topological polar surface area (TPSA) is 53.4 Å². The third-order valence-corrected chi connectivity index (χ3v) is 3.83. The van der Waals surface area contributed by atoms with Gasteiger partial charge < -0.3 is 10.0 Å². The number of carboxylic acids is 1. The summed E-state index contributed by atoms with van der Waals surface area (Å²) in [6, 6.07) is 7.52. The van der Waals surface area contributed by atoms with Crippen LogP contribution in [0.25, 0.3) is 0 Å². The standard InChI is InChI=1S/C15H16N2O2S/c1-3-9-17(15-16-8-10-20-15)13-6-4-12(5-7-13)11(2)14(18)19/h3-8,10-11H,1,9H2,2H3,(H,18,19). The van der Waals surface area contributed by atoms with Gasteiger partial charge in [0.1, 0.15) is 0 Å². The van der Waals surface area contributed by atoms with E-state index in [1.807, 2.05) is 40.6 Å². The normalized spacial score (nSPS) is 11.8. The molecule has 1 N–H and O–H groups in total. The molecule has 5 heteroatoms. The predicted octanol–water partition coefficient (Wildman–Crippen LogP) is 3.66. The Morgan fingerprint density at radius 3 is 2.70 bits per heavy atom. The molecule has 20 heavy (non-hydrogen) atoms. The monoisotopic (exact) mass is 288 g/mol. The summed E-state index contributed by atoms with van der Waals surface area (Å²) in [5.74, 6) is -1.32. The number of benzene rings is 1. The van der Waals surface area contributed by atoms with Crippen LogP contribution in [0.5, 0.6) is 0 Å². The van der Waals surface area contributed by atoms with Gasteiger partial charge >= 0.3 is 5.97 Å². The van der Waals surface area contributed by atoms with E-state index in [1.165, 1.54) is 0 Å². The van der Waals surface area contributed by atoms with Gasteiger partial charge in [-0.2, -0.15) is 0 Å². The minimum Gasteiger partial charge on any atom is -0.481 e. The number of aliphatic carboxylic acids is 1. The summed E-state index contributed by atoms with van der Waals surface area (Å²) < 4.78 is 0. The Morgan fingerprint density at radius 2 is 2.20 bits per heavy atom. The molecule has 104 valence electrons. The molecule has 4 nitrogen and oxygen atoms in total. The molecule has 1 aromatic carbocycles. The Hall–Kier alpha value is -2.14. The molecule has 0 bridgehead atoms. The van der Waals surface area contributed by atoms with E-state index in [4.69, 9.17) is 5.11 Å². The number of thiazole rings is 1. The lowest BCUT2D eigenvalue weighted by Gasteiger charge is -2.20. The second-order valence-electron chi connectivity index (χ2n) is 4.37. The zero-order valence-electron chi connectivity index (χ0n) is 11.2. The van der Waals surface area contributed by atoms with E-state index in [0.29, 0.717) is 6.54 Å². The first-order valence-electron chi connectivity index (χ1n) is 6.24. The average Bonchev–Trinajstić information content (AvgIpc) is 2.98. The van der Waals surface area contributed by atoms with Crippen LogP contribution < -0.4 is 4.90 Å². The molecule has 1 heterocycles. The van der Waals surface area contributed by atoms with Crippen LogP contribution in [-0.4, -0.2) is 22.6 Å². The van der Waals surface area contributed by atoms with Crippen molar-refractivity contribution in [2.24, 2.45) is 0 Å². The minimum atomic E-state index is -0.819. The molecule has 1 aromatic heterocycles. The lowest BCUT2D eigenvalue weighted by molar-refractivity contribution is -0.138. The van der Waals surface area contributed by atoms with E-state index >= 15 is 0 Å². The third kappa shape index (κ3) is 3.05. The van der Waals surface area contributed by atoms with E-state index in [9.17, 15) is 4.79 Å². The highest BCUT2D eigenvalue weighted by atomic mass is 32.1. The first-order chi connectivity index (χ1) is 9.63. The quantitative estimate of drug-likeness (QED) is 0.824. The van der Waals surface area contributed by atoms with Crippen LogP contribution >= 0.6 is 11.3 Å². The van der Waals surface area contributed by atoms with E-state index < -0.39 is 11.9 Å². The molecule has 1 unspecified atom stereocenters. The fourth-order valence-electron chi connectivity index (χ4n) is 1.86. The molecule has 0 aliphatic carbocycles. The van der Waals surface area contributed by atoms with Crippen molar-refractivity contribution in [2.45, 2.75) is 12.8 Å². The SMILES string of the molecule is C=CCN(c1ccc(C(C)C(=O)O)cc1)c1nccs1. The van der Waals surface area contributed by atoms with Crippen molar-refractivity contribution in [3.63, 3.8) is 0 Å². The predicted molar refractivity (Wildman–Crippen MR) is 81.8 cm³/mol. The molecule has 0 saturated carbocycles. The summed E-state index contributed by atoms with van der Waals surface area (Å²) in [6.07, 6.45) is 3.58. The molecule has 0 saturated heterocycles. The number of carboxylic acid groups (broad SMARTS) is 1. The van der Waals surface area contributed by atoms with Crippen LogP contribution in [0.2, 0.25) is 0 Å². The number of carbonyl (C=O) groups is 1. The van der Waals surface area contributed by atoms with Crippen LogP contribution in [0, 0.1) is 0 Å². The average molecular weight is 288 g/mol. The van der Waals surface area contributed by atoms with Gasteiger partial charge in [-0.3, -0.25) is 4.79 Å². The van der Waals surface area contributed by atoms with Crippen molar-refractivity contribution in [1.29, 1.82) is 0 Å². The van der Waals surface area contributed by atoms with Crippen molar-refractivity contribution in [1.82, 2.24) is 4.98 Å². The van der Waals surface area contributed by atoms with Gasteiger partial charge in [-0.15, -0.1) is 17.9 Å². The van der Waals surface area contributed by atoms with Gasteiger partial charge in [0.25, 0.3) is 0 Å². The van der Waals surface area contributed by atoms with Gasteiger partial charge in [-0.05, 0) is 24.6 Å². The Balaban J connectivity index is 2.27. The summed E-state index contributed by atoms with van der Waals surface area (Å²) in [6.45, 7) is 6.10. The van der Waals surface area contributed by atoms with Crippen LogP contribution in [0.15, 0.2) is 48.5 Å². The van der Waals surface area contributed by atoms with Crippen molar-refractivity contribution in [2.75, 3.05) is 11.4 Å². The molecule has 0 amide bonds. The Morgan fingerprint density at radius 1 is 1.50 bits per heavy atom. The highest BCUT2D eigenvalue weighted by Crippen LogP contribution is 2.28. The first-order valence-corrected chi connectivity index (χ1v) is 7.12. The molecule has 2 rings (SSSR count). The smallest absolute Gasteiger partial charge is 0.310 e. The highest BCUT2D eigenvalue weighted by Gasteiger charge is 2.15. The van der Waals surface area contributed by atoms with Gasteiger partial charge in [0.2, 0.25) is 0 Å². The second kappa shape index (κ2) is 6.34. The van der Waals surface area contributed by atoms with E-state index in [1.54, 1.807) is 24.5 Å². The lowest BCUT2D eigenvalue weighted by Crippen LogP contribution is -2.16. The summed E-state index contributed by atoms with van der Waals surface area (Å²) >= 11 is 1.55. The molecular weight excluding hydrogens is 272 g/mol. The molecule has 0 fully saturated rings. The number of anilines is 2. The number of rotatable bonds is 6. The summed E-state index contributed by atoms with van der Waals surface area (Å²) in [5, 5.41) is 11.8. The maximum absolute atomic E-state index is 11.0. The third-order valence-electron chi connectivity index (χ3n) is 3.04. The van der Waals surface area contributed by atoms with Gasteiger partial charge in [0, 0.05) is 23.8 Å². The van der Waals surface area contributed by atoms with Gasteiger partial charge in [-0.1, -0.05) is 18.2 Å². The summed E-state index contributed by atoms with van der Waals surface area (Å²) in [5.41, 5.74) is 1.76. The lowest BCUT2D eigenvalue weighted by atomic mass is 10.0. The van der Waals surface area contributed by atoms with Crippen LogP contribution in [0.4, 0.5) is 10.8 Å². The van der Waals surface area contributed by atoms with Crippen molar-refractivity contribution >= 4 is 28.1 Å². The molecular formula is C15H16N2O2S. The molecule has 0 aliphatic heterocycles. The minimum absolute atomic E-state index is 0.503. The molecule has 0 radical (unpaired) electrons. The molecule has 0 aliphatic rings. The molecule has 0 spiro atoms. The number of hydrogen-bond acceptors (Lipinski definition) is 4. The number of hydrogen-bond donors (Lipinski definition) is 1. The van der Waals surface area contributed by atoms with E-state index in [0.717, 1.165) is 16.4 Å². The van der Waals surface area contributed by atoms with Gasteiger partial charge in [0.15, 0.2) is 5.13 Å². The zero-order chi connectivity index (χ0) is 14.5. The summed E-state index contributed by atoms with van der Waals surface area (Å²) in [7, 11) is 0. The Kier molecular flexibility index (Phi) is 4.53. The first kappa shape index (κ1) is 14.3. The Bertz CT molecular complexity index is 578. The maximum atomic E-state index is 11.0. The largest absolute Gasteiger partial charge is 0.481 e. The van der Waals surface area contributed by atoms with Gasteiger partial charge in [-0.25, -0.2) is 4.98 Å². The van der Waals surface area contributed by atoms with Gasteiger partial charge in [0.05, 0.1) is 5.92 Å². The van der Waals surface area contributed by atoms with E-state index in [2.05, 4.69) is 11.6 Å². The Labute approximate surface area is 122 Å². The molecule has 2 aromatic rings. The van der Waals surface area contributed by atoms with Crippen molar-refractivity contribution in [3.8, 4) is 0 Å². The van der Waals surface area contributed by atoms with Crippen LogP contribution in [-0.2, 0) is 4.79 Å². The van der Waals surface area contributed by atoms with Crippen molar-refractivity contribution in [3.05, 3.63) is 54.1 Å². The second-order valence-corrected chi connectivity index (χ2v) is 5.24. The number of aromatic nitrogens is 1. The van der Waals surface area contributed by atoms with E-state index in [-0.39, 0.29) is 0 Å².